The van der Waals surface area contributed by atoms with Gasteiger partial charge in [0.2, 0.25) is 0 Å². The molecule has 0 N–H and O–H groups in total. The molecule has 0 bridgehead atoms. The van der Waals surface area contributed by atoms with Gasteiger partial charge in [-0.15, -0.1) is 0 Å². The number of hydrogen-bond acceptors (Lipinski definition) is 9. The molecule has 0 saturated carbocycles. The molecule has 276 valence electrons. The molecule has 3 aliphatic heterocycles. The van der Waals surface area contributed by atoms with Crippen LogP contribution in [0.2, 0.25) is 0 Å². The average molecular weight is 707 g/mol. The Morgan fingerprint density at radius 1 is 0.942 bits per heavy atom. The summed E-state index contributed by atoms with van der Waals surface area (Å²) in [6.07, 6.45) is 3.64. The van der Waals surface area contributed by atoms with Gasteiger partial charge in [0.25, 0.3) is 0 Å². The van der Waals surface area contributed by atoms with E-state index in [9.17, 15) is 4.79 Å². The summed E-state index contributed by atoms with van der Waals surface area (Å²) in [7, 11) is 2.16. The fourth-order valence-corrected chi connectivity index (χ4v) is 7.83. The Kier molecular flexibility index (Phi) is 10.5. The van der Waals surface area contributed by atoms with Crippen LogP contribution in [0.5, 0.6) is 11.8 Å². The number of rotatable bonds is 9. The number of aromatic nitrogens is 2. The van der Waals surface area contributed by atoms with E-state index in [2.05, 4.69) is 84.1 Å². The van der Waals surface area contributed by atoms with Gasteiger partial charge < -0.3 is 33.8 Å². The number of benzene rings is 3. The number of likely N-dealkylation sites (tertiary alicyclic amines) is 1. The van der Waals surface area contributed by atoms with Gasteiger partial charge in [-0.05, 0) is 84.0 Å². The van der Waals surface area contributed by atoms with Crippen molar-refractivity contribution in [3.8, 4) is 11.8 Å². The SMILES string of the molecule is CCC1CN(c2nc(OC[C@@H]3CCCN3C)nc3c2CCN(c2cc(OCc4ccccc4)cc4ccccc24)C3)[C@@H](C)CN1C(=O)OC(C)(C)C. The van der Waals surface area contributed by atoms with Crippen LogP contribution in [0.25, 0.3) is 10.8 Å². The van der Waals surface area contributed by atoms with E-state index in [1.807, 2.05) is 43.9 Å². The summed E-state index contributed by atoms with van der Waals surface area (Å²) in [5.41, 5.74) is 3.87. The minimum Gasteiger partial charge on any atom is -0.489 e. The smallest absolute Gasteiger partial charge is 0.410 e. The maximum atomic E-state index is 13.3. The molecule has 4 heterocycles. The lowest BCUT2D eigenvalue weighted by Crippen LogP contribution is -2.60. The Labute approximate surface area is 308 Å². The number of carbonyl (C=O) groups is 1. The molecule has 52 heavy (non-hydrogen) atoms. The quantitative estimate of drug-likeness (QED) is 0.176. The van der Waals surface area contributed by atoms with Crippen LogP contribution in [-0.2, 0) is 24.3 Å². The van der Waals surface area contributed by atoms with Gasteiger partial charge in [-0.1, -0.05) is 61.5 Å². The highest BCUT2D eigenvalue weighted by Crippen LogP contribution is 2.38. The first-order valence-corrected chi connectivity index (χ1v) is 19.0. The third kappa shape index (κ3) is 7.92. The molecule has 4 aromatic rings. The van der Waals surface area contributed by atoms with Gasteiger partial charge >= 0.3 is 12.1 Å². The fraction of sp³-hybridized carbons (Fsp3) is 0.500. The second-order valence-corrected chi connectivity index (χ2v) is 15.6. The van der Waals surface area contributed by atoms with E-state index in [0.717, 1.165) is 71.8 Å². The standard InChI is InChI=1S/C42H54N6O4/c1-7-32-25-47(29(2)24-48(32)41(49)52-42(3,4)5)39-36-19-21-46(26-37(36)43-40(44-39)51-28-33-17-13-20-45(33)6)38-23-34(22-31-16-11-12-18-35(31)38)50-27-30-14-9-8-10-15-30/h8-12,14-16,18,22-23,29,32-33H,7,13,17,19-21,24-28H2,1-6H3/t29-,32?,33-/m0/s1. The van der Waals surface area contributed by atoms with Crippen LogP contribution < -0.4 is 19.3 Å². The molecule has 3 atom stereocenters. The summed E-state index contributed by atoms with van der Waals surface area (Å²) >= 11 is 0. The second-order valence-electron chi connectivity index (χ2n) is 15.6. The van der Waals surface area contributed by atoms with E-state index in [0.29, 0.717) is 44.9 Å². The van der Waals surface area contributed by atoms with Crippen LogP contribution in [0.4, 0.5) is 16.3 Å². The third-order valence-corrected chi connectivity index (χ3v) is 10.7. The van der Waals surface area contributed by atoms with E-state index in [-0.39, 0.29) is 18.2 Å². The van der Waals surface area contributed by atoms with E-state index in [1.165, 1.54) is 11.8 Å². The summed E-state index contributed by atoms with van der Waals surface area (Å²) in [6, 6.07) is 23.9. The van der Waals surface area contributed by atoms with Crippen molar-refractivity contribution >= 4 is 28.4 Å². The molecule has 1 amide bonds. The van der Waals surface area contributed by atoms with Crippen LogP contribution in [0.1, 0.15) is 70.7 Å². The second kappa shape index (κ2) is 15.2. The lowest BCUT2D eigenvalue weighted by atomic mass is 9.99. The summed E-state index contributed by atoms with van der Waals surface area (Å²) < 4.78 is 18.7. The Bertz CT molecular complexity index is 1860. The Morgan fingerprint density at radius 2 is 1.73 bits per heavy atom. The van der Waals surface area contributed by atoms with Crippen LogP contribution in [0, 0.1) is 0 Å². The Morgan fingerprint density at radius 3 is 2.48 bits per heavy atom. The predicted molar refractivity (Wildman–Crippen MR) is 206 cm³/mol. The zero-order valence-corrected chi connectivity index (χ0v) is 31.7. The van der Waals surface area contributed by atoms with Gasteiger partial charge in [-0.25, -0.2) is 4.79 Å². The van der Waals surface area contributed by atoms with Gasteiger partial charge in [0, 0.05) is 54.4 Å². The van der Waals surface area contributed by atoms with E-state index in [1.54, 1.807) is 0 Å². The van der Waals surface area contributed by atoms with E-state index >= 15 is 0 Å². The maximum Gasteiger partial charge on any atom is 0.410 e. The number of likely N-dealkylation sites (N-methyl/N-ethyl adjacent to an activating group) is 1. The highest BCUT2D eigenvalue weighted by Gasteiger charge is 2.38. The summed E-state index contributed by atoms with van der Waals surface area (Å²) in [6.45, 7) is 14.9. The number of anilines is 2. The fourth-order valence-electron chi connectivity index (χ4n) is 7.83. The molecule has 1 unspecified atom stereocenters. The molecule has 10 nitrogen and oxygen atoms in total. The van der Waals surface area contributed by atoms with Crippen molar-refractivity contribution in [1.29, 1.82) is 0 Å². The maximum absolute atomic E-state index is 13.3. The first kappa shape index (κ1) is 35.8. The predicted octanol–water partition coefficient (Wildman–Crippen LogP) is 7.47. The van der Waals surface area contributed by atoms with Crippen molar-refractivity contribution in [2.75, 3.05) is 49.6 Å². The topological polar surface area (TPSA) is 83.5 Å². The van der Waals surface area contributed by atoms with Crippen LogP contribution in [0.15, 0.2) is 66.7 Å². The third-order valence-electron chi connectivity index (χ3n) is 10.7. The largest absolute Gasteiger partial charge is 0.489 e. The molecule has 10 heteroatoms. The van der Waals surface area contributed by atoms with Crippen molar-refractivity contribution in [2.45, 2.75) is 97.2 Å². The highest BCUT2D eigenvalue weighted by molar-refractivity contribution is 5.96. The minimum atomic E-state index is -0.550. The zero-order chi connectivity index (χ0) is 36.4. The van der Waals surface area contributed by atoms with Crippen molar-refractivity contribution in [2.24, 2.45) is 0 Å². The van der Waals surface area contributed by atoms with Crippen LogP contribution >= 0.6 is 0 Å². The van der Waals surface area contributed by atoms with Gasteiger partial charge in [0.05, 0.1) is 18.3 Å². The molecular weight excluding hydrogens is 653 g/mol. The highest BCUT2D eigenvalue weighted by atomic mass is 16.6. The van der Waals surface area contributed by atoms with E-state index in [4.69, 9.17) is 24.2 Å². The number of ether oxygens (including phenoxy) is 3. The summed E-state index contributed by atoms with van der Waals surface area (Å²) in [4.78, 5) is 32.7. The molecule has 2 fully saturated rings. The number of piperazine rings is 1. The zero-order valence-electron chi connectivity index (χ0n) is 31.7. The number of nitrogens with zero attached hydrogens (tertiary/aromatic N) is 6. The Balaban J connectivity index is 1.20. The molecule has 2 saturated heterocycles. The van der Waals surface area contributed by atoms with Gasteiger partial charge in [-0.2, -0.15) is 9.97 Å². The van der Waals surface area contributed by atoms with Gasteiger partial charge in [0.1, 0.15) is 30.4 Å². The lowest BCUT2D eigenvalue weighted by molar-refractivity contribution is 0.0105. The number of fused-ring (bicyclic) bond motifs is 2. The average Bonchev–Trinajstić information content (AvgIpc) is 3.56. The van der Waals surface area contributed by atoms with Crippen molar-refractivity contribution in [1.82, 2.24) is 19.8 Å². The van der Waals surface area contributed by atoms with Crippen LogP contribution in [-0.4, -0.2) is 89.4 Å². The van der Waals surface area contributed by atoms with Crippen molar-refractivity contribution < 1.29 is 19.0 Å². The summed E-state index contributed by atoms with van der Waals surface area (Å²) in [5, 5.41) is 2.33. The first-order valence-electron chi connectivity index (χ1n) is 19.0. The molecule has 0 radical (unpaired) electrons. The number of amides is 1. The monoisotopic (exact) mass is 706 g/mol. The van der Waals surface area contributed by atoms with E-state index < -0.39 is 5.60 Å². The molecule has 7 rings (SSSR count). The minimum absolute atomic E-state index is 0.00162. The molecule has 0 aliphatic carbocycles. The molecule has 1 aromatic heterocycles. The number of carbonyl (C=O) groups excluding carboxylic acids is 1. The molecule has 3 aromatic carbocycles. The van der Waals surface area contributed by atoms with Gasteiger partial charge in [0.15, 0.2) is 0 Å². The van der Waals surface area contributed by atoms with Crippen LogP contribution in [0.3, 0.4) is 0 Å². The van der Waals surface area contributed by atoms with Gasteiger partial charge in [-0.3, -0.25) is 0 Å². The first-order chi connectivity index (χ1) is 25.1. The van der Waals surface area contributed by atoms with Crippen molar-refractivity contribution in [3.63, 3.8) is 0 Å². The summed E-state index contributed by atoms with van der Waals surface area (Å²) in [5.74, 6) is 1.78. The van der Waals surface area contributed by atoms with Crippen molar-refractivity contribution in [3.05, 3.63) is 83.6 Å². The molecule has 0 spiro atoms. The normalized spacial score (nSPS) is 21.0. The Hall–Kier alpha value is -4.57. The molecular formula is C42H54N6O4. The lowest BCUT2D eigenvalue weighted by Gasteiger charge is -2.46. The number of hydrogen-bond donors (Lipinski definition) is 0. The molecule has 3 aliphatic rings.